The number of H-pyrrole nitrogens is 1. The van der Waals surface area contributed by atoms with Crippen molar-refractivity contribution < 1.29 is 4.79 Å². The van der Waals surface area contributed by atoms with Crippen LogP contribution in [0.2, 0.25) is 0 Å². The third-order valence-electron chi connectivity index (χ3n) is 4.25. The van der Waals surface area contributed by atoms with E-state index in [0.717, 1.165) is 36.3 Å². The molecule has 3 aromatic heterocycles. The maximum atomic E-state index is 12.6. The van der Waals surface area contributed by atoms with Gasteiger partial charge in [-0.1, -0.05) is 0 Å². The van der Waals surface area contributed by atoms with E-state index in [4.69, 9.17) is 0 Å². The Balaban J connectivity index is 1.58. The standard InChI is InChI=1S/C15H17N7O/c1-8-5-9(2)22-13(20-21-15(22)17-8)14(23)18-11-4-3-10-7-16-19-12(10)6-11/h5,7,11H,3-4,6H2,1-2H3,(H,16,19)(H,18,23)/t11-/m1/s1. The van der Waals surface area contributed by atoms with Gasteiger partial charge in [0, 0.05) is 29.5 Å². The third kappa shape index (κ3) is 2.36. The molecule has 0 saturated heterocycles. The number of carbonyl (C=O) groups excluding carboxylic acids is 1. The van der Waals surface area contributed by atoms with Gasteiger partial charge < -0.3 is 5.32 Å². The first-order chi connectivity index (χ1) is 11.1. The highest BCUT2D eigenvalue weighted by atomic mass is 16.2. The topological polar surface area (TPSA) is 101 Å². The molecule has 1 atom stereocenters. The average Bonchev–Trinajstić information content (AvgIpc) is 3.12. The number of hydrogen-bond acceptors (Lipinski definition) is 5. The van der Waals surface area contributed by atoms with Crippen molar-refractivity contribution in [2.45, 2.75) is 39.2 Å². The van der Waals surface area contributed by atoms with Gasteiger partial charge in [0.05, 0.1) is 6.20 Å². The normalized spacial score (nSPS) is 17.2. The average molecular weight is 311 g/mol. The van der Waals surface area contributed by atoms with Crippen molar-refractivity contribution in [3.05, 3.63) is 40.7 Å². The van der Waals surface area contributed by atoms with Crippen molar-refractivity contribution in [1.82, 2.24) is 35.1 Å². The first-order valence-electron chi connectivity index (χ1n) is 7.63. The Hall–Kier alpha value is -2.77. The summed E-state index contributed by atoms with van der Waals surface area (Å²) in [6.07, 6.45) is 4.42. The Morgan fingerprint density at radius 3 is 3.13 bits per heavy atom. The molecule has 0 bridgehead atoms. The van der Waals surface area contributed by atoms with E-state index in [1.165, 1.54) is 5.56 Å². The van der Waals surface area contributed by atoms with Crippen LogP contribution in [0.4, 0.5) is 0 Å². The summed E-state index contributed by atoms with van der Waals surface area (Å²) in [5.41, 5.74) is 4.08. The number of carbonyl (C=O) groups is 1. The summed E-state index contributed by atoms with van der Waals surface area (Å²) in [5, 5.41) is 18.1. The zero-order valence-corrected chi connectivity index (χ0v) is 13.0. The predicted molar refractivity (Wildman–Crippen MR) is 82.1 cm³/mol. The molecule has 118 valence electrons. The highest BCUT2D eigenvalue weighted by Crippen LogP contribution is 2.19. The molecule has 3 aromatic rings. The molecule has 2 N–H and O–H groups in total. The lowest BCUT2D eigenvalue weighted by Crippen LogP contribution is -2.39. The van der Waals surface area contributed by atoms with Crippen LogP contribution in [0, 0.1) is 13.8 Å². The molecule has 0 fully saturated rings. The number of amides is 1. The first kappa shape index (κ1) is 13.9. The summed E-state index contributed by atoms with van der Waals surface area (Å²) >= 11 is 0. The van der Waals surface area contributed by atoms with Crippen molar-refractivity contribution in [3.63, 3.8) is 0 Å². The highest BCUT2D eigenvalue weighted by molar-refractivity contribution is 5.91. The number of fused-ring (bicyclic) bond motifs is 2. The maximum Gasteiger partial charge on any atom is 0.289 e. The van der Waals surface area contributed by atoms with Crippen LogP contribution in [-0.4, -0.2) is 41.7 Å². The summed E-state index contributed by atoms with van der Waals surface area (Å²) in [7, 11) is 0. The summed E-state index contributed by atoms with van der Waals surface area (Å²) < 4.78 is 1.69. The Bertz CT molecular complexity index is 895. The Labute approximate surface area is 132 Å². The van der Waals surface area contributed by atoms with E-state index in [0.29, 0.717) is 5.78 Å². The molecular weight excluding hydrogens is 294 g/mol. The fourth-order valence-electron chi connectivity index (χ4n) is 3.16. The maximum absolute atomic E-state index is 12.6. The summed E-state index contributed by atoms with van der Waals surface area (Å²) in [6.45, 7) is 3.81. The van der Waals surface area contributed by atoms with Crippen molar-refractivity contribution in [3.8, 4) is 0 Å². The number of hydrogen-bond donors (Lipinski definition) is 2. The second-order valence-corrected chi connectivity index (χ2v) is 5.98. The molecule has 0 radical (unpaired) electrons. The van der Waals surface area contributed by atoms with Crippen molar-refractivity contribution >= 4 is 11.7 Å². The van der Waals surface area contributed by atoms with Gasteiger partial charge in [0.1, 0.15) is 0 Å². The van der Waals surface area contributed by atoms with Gasteiger partial charge in [-0.3, -0.25) is 14.3 Å². The molecule has 0 spiro atoms. The quantitative estimate of drug-likeness (QED) is 0.727. The number of nitrogens with one attached hydrogen (secondary N) is 2. The second kappa shape index (κ2) is 5.15. The molecule has 1 aliphatic carbocycles. The van der Waals surface area contributed by atoms with E-state index in [9.17, 15) is 4.79 Å². The Morgan fingerprint density at radius 2 is 2.26 bits per heavy atom. The summed E-state index contributed by atoms with van der Waals surface area (Å²) in [4.78, 5) is 16.9. The zero-order valence-electron chi connectivity index (χ0n) is 13.0. The van der Waals surface area contributed by atoms with Gasteiger partial charge in [0.2, 0.25) is 5.82 Å². The number of rotatable bonds is 2. The van der Waals surface area contributed by atoms with Crippen LogP contribution in [0.1, 0.15) is 39.7 Å². The van der Waals surface area contributed by atoms with Gasteiger partial charge >= 0.3 is 0 Å². The minimum Gasteiger partial charge on any atom is -0.346 e. The molecule has 8 heteroatoms. The van der Waals surface area contributed by atoms with E-state index in [2.05, 4.69) is 30.7 Å². The smallest absolute Gasteiger partial charge is 0.289 e. The SMILES string of the molecule is Cc1cc(C)n2c(C(=O)N[C@@H]3CCc4cn[nH]c4C3)nnc2n1. The van der Waals surface area contributed by atoms with E-state index in [1.807, 2.05) is 26.1 Å². The van der Waals surface area contributed by atoms with Crippen molar-refractivity contribution in [2.75, 3.05) is 0 Å². The highest BCUT2D eigenvalue weighted by Gasteiger charge is 2.24. The Kier molecular flexibility index (Phi) is 3.10. The van der Waals surface area contributed by atoms with Gasteiger partial charge in [-0.05, 0) is 38.3 Å². The number of aromatic amines is 1. The Morgan fingerprint density at radius 1 is 1.39 bits per heavy atom. The minimum absolute atomic E-state index is 0.0708. The van der Waals surface area contributed by atoms with Gasteiger partial charge in [-0.25, -0.2) is 4.98 Å². The molecule has 4 rings (SSSR count). The van der Waals surface area contributed by atoms with E-state index in [-0.39, 0.29) is 17.8 Å². The predicted octanol–water partition coefficient (Wildman–Crippen LogP) is 0.752. The lowest BCUT2D eigenvalue weighted by atomic mass is 9.94. The van der Waals surface area contributed by atoms with Gasteiger partial charge in [-0.2, -0.15) is 5.10 Å². The largest absolute Gasteiger partial charge is 0.346 e. The lowest BCUT2D eigenvalue weighted by molar-refractivity contribution is 0.0921. The summed E-state index contributed by atoms with van der Waals surface area (Å²) in [5.74, 6) is 0.506. The van der Waals surface area contributed by atoms with E-state index in [1.54, 1.807) is 4.40 Å². The van der Waals surface area contributed by atoms with Crippen molar-refractivity contribution in [1.29, 1.82) is 0 Å². The van der Waals surface area contributed by atoms with Gasteiger partial charge in [0.15, 0.2) is 0 Å². The molecule has 3 heterocycles. The van der Waals surface area contributed by atoms with Crippen LogP contribution >= 0.6 is 0 Å². The van der Waals surface area contributed by atoms with Gasteiger partial charge in [0.25, 0.3) is 11.7 Å². The second-order valence-electron chi connectivity index (χ2n) is 5.98. The fraction of sp³-hybridized carbons (Fsp3) is 0.400. The van der Waals surface area contributed by atoms with Crippen LogP contribution in [-0.2, 0) is 12.8 Å². The van der Waals surface area contributed by atoms with Crippen LogP contribution in [0.3, 0.4) is 0 Å². The molecule has 0 aliphatic heterocycles. The summed E-state index contributed by atoms with van der Waals surface area (Å²) in [6, 6.07) is 1.98. The molecule has 23 heavy (non-hydrogen) atoms. The number of nitrogens with zero attached hydrogens (tertiary/aromatic N) is 5. The molecule has 8 nitrogen and oxygen atoms in total. The van der Waals surface area contributed by atoms with Crippen LogP contribution in [0.15, 0.2) is 12.3 Å². The molecule has 0 saturated carbocycles. The number of aromatic nitrogens is 6. The minimum atomic E-state index is -0.223. The molecule has 1 aliphatic rings. The van der Waals surface area contributed by atoms with Crippen LogP contribution < -0.4 is 5.32 Å². The van der Waals surface area contributed by atoms with Crippen LogP contribution in [0.25, 0.3) is 5.78 Å². The lowest BCUT2D eigenvalue weighted by Gasteiger charge is -2.22. The molecule has 1 amide bonds. The van der Waals surface area contributed by atoms with Crippen LogP contribution in [0.5, 0.6) is 0 Å². The molecule has 0 aromatic carbocycles. The monoisotopic (exact) mass is 311 g/mol. The first-order valence-corrected chi connectivity index (χ1v) is 7.63. The van der Waals surface area contributed by atoms with E-state index < -0.39 is 0 Å². The van der Waals surface area contributed by atoms with Crippen molar-refractivity contribution in [2.24, 2.45) is 0 Å². The third-order valence-corrected chi connectivity index (χ3v) is 4.25. The molecule has 0 unspecified atom stereocenters. The van der Waals surface area contributed by atoms with E-state index >= 15 is 0 Å². The fourth-order valence-corrected chi connectivity index (χ4v) is 3.16. The zero-order chi connectivity index (χ0) is 16.0. The van der Waals surface area contributed by atoms with Gasteiger partial charge in [-0.15, -0.1) is 10.2 Å². The number of aryl methyl sites for hydroxylation is 3. The molecular formula is C15H17N7O.